The molecule has 0 spiro atoms. The largest absolute Gasteiger partial charge is 0.399 e. The van der Waals surface area contributed by atoms with Gasteiger partial charge in [-0.1, -0.05) is 31.2 Å². The van der Waals surface area contributed by atoms with Crippen molar-refractivity contribution in [2.45, 2.75) is 13.3 Å². The summed E-state index contributed by atoms with van der Waals surface area (Å²) >= 11 is 5.70. The Balaban J connectivity index is 4.11. The van der Waals surface area contributed by atoms with E-state index in [1.165, 1.54) is 0 Å². The molecule has 56 valence electrons. The molecule has 0 heterocycles. The smallest absolute Gasteiger partial charge is 0.0325 e. The summed E-state index contributed by atoms with van der Waals surface area (Å²) in [5.41, 5.74) is 6.13. The zero-order valence-electron chi connectivity index (χ0n) is 6.10. The minimum atomic E-state index is 0.641. The summed E-state index contributed by atoms with van der Waals surface area (Å²) in [6.07, 6.45) is 5.88. The van der Waals surface area contributed by atoms with E-state index in [0.29, 0.717) is 5.70 Å². The molecule has 0 atom stereocenters. The maximum Gasteiger partial charge on any atom is 0.0325 e. The Morgan fingerprint density at radius 3 is 2.70 bits per heavy atom. The number of halogens is 1. The van der Waals surface area contributed by atoms with Crippen LogP contribution >= 0.6 is 11.6 Å². The van der Waals surface area contributed by atoms with Gasteiger partial charge in [-0.05, 0) is 18.6 Å². The Kier molecular flexibility index (Phi) is 4.77. The van der Waals surface area contributed by atoms with Crippen molar-refractivity contribution in [3.63, 3.8) is 0 Å². The van der Waals surface area contributed by atoms with Gasteiger partial charge in [-0.2, -0.15) is 0 Å². The zero-order valence-corrected chi connectivity index (χ0v) is 6.86. The van der Waals surface area contributed by atoms with E-state index in [2.05, 4.69) is 6.58 Å². The molecule has 0 radical (unpaired) electrons. The monoisotopic (exact) mass is 157 g/mol. The van der Waals surface area contributed by atoms with Crippen LogP contribution in [0.3, 0.4) is 0 Å². The van der Waals surface area contributed by atoms with Gasteiger partial charge < -0.3 is 5.73 Å². The first-order chi connectivity index (χ1) is 4.70. The second-order valence-corrected chi connectivity index (χ2v) is 2.33. The fourth-order valence-corrected chi connectivity index (χ4v) is 0.593. The van der Waals surface area contributed by atoms with Gasteiger partial charge in [0.25, 0.3) is 0 Å². The maximum absolute atomic E-state index is 5.70. The van der Waals surface area contributed by atoms with Gasteiger partial charge >= 0.3 is 0 Å². The van der Waals surface area contributed by atoms with E-state index in [9.17, 15) is 0 Å². The highest BCUT2D eigenvalue weighted by Crippen LogP contribution is 2.07. The van der Waals surface area contributed by atoms with Crippen LogP contribution in [0.1, 0.15) is 13.3 Å². The van der Waals surface area contributed by atoms with Crippen LogP contribution in [0.15, 0.2) is 35.5 Å². The summed E-state index contributed by atoms with van der Waals surface area (Å²) in [4.78, 5) is 0. The average Bonchev–Trinajstić information content (AvgIpc) is 1.88. The molecule has 0 saturated heterocycles. The summed E-state index contributed by atoms with van der Waals surface area (Å²) in [5.74, 6) is 0. The van der Waals surface area contributed by atoms with Crippen molar-refractivity contribution in [1.29, 1.82) is 0 Å². The normalized spacial score (nSPS) is 13.4. The number of hydrogen-bond donors (Lipinski definition) is 1. The number of allylic oxidation sites excluding steroid dienone is 4. The van der Waals surface area contributed by atoms with Crippen molar-refractivity contribution in [2.75, 3.05) is 0 Å². The molecule has 0 aliphatic rings. The highest BCUT2D eigenvalue weighted by Gasteiger charge is 1.86. The van der Waals surface area contributed by atoms with Crippen molar-refractivity contribution in [3.8, 4) is 0 Å². The first kappa shape index (κ1) is 9.31. The first-order valence-electron chi connectivity index (χ1n) is 3.15. The predicted molar refractivity (Wildman–Crippen MR) is 46.7 cm³/mol. The lowest BCUT2D eigenvalue weighted by Crippen LogP contribution is -1.91. The van der Waals surface area contributed by atoms with Crippen molar-refractivity contribution in [1.82, 2.24) is 0 Å². The Hall–Kier alpha value is -0.690. The summed E-state index contributed by atoms with van der Waals surface area (Å²) < 4.78 is 0. The van der Waals surface area contributed by atoms with Gasteiger partial charge in [-0.15, -0.1) is 0 Å². The highest BCUT2D eigenvalue weighted by molar-refractivity contribution is 6.29. The fraction of sp³-hybridized carbons (Fsp3) is 0.250. The molecule has 0 fully saturated rings. The van der Waals surface area contributed by atoms with E-state index in [0.717, 1.165) is 11.5 Å². The molecule has 2 N–H and O–H groups in total. The van der Waals surface area contributed by atoms with E-state index in [-0.39, 0.29) is 0 Å². The van der Waals surface area contributed by atoms with Crippen molar-refractivity contribution in [3.05, 3.63) is 35.5 Å². The van der Waals surface area contributed by atoms with Crippen molar-refractivity contribution < 1.29 is 0 Å². The van der Waals surface area contributed by atoms with E-state index >= 15 is 0 Å². The van der Waals surface area contributed by atoms with Crippen LogP contribution in [0.25, 0.3) is 0 Å². The third kappa shape index (κ3) is 4.21. The van der Waals surface area contributed by atoms with E-state index in [1.54, 1.807) is 18.2 Å². The summed E-state index contributed by atoms with van der Waals surface area (Å²) in [5, 5.41) is 0.760. The molecule has 0 aromatic heterocycles. The molecular formula is C8H12ClN. The van der Waals surface area contributed by atoms with Gasteiger partial charge in [0.2, 0.25) is 0 Å². The van der Waals surface area contributed by atoms with Crippen molar-refractivity contribution in [2.24, 2.45) is 5.73 Å². The first-order valence-corrected chi connectivity index (χ1v) is 3.52. The maximum atomic E-state index is 5.70. The molecule has 0 saturated carbocycles. The summed E-state index contributed by atoms with van der Waals surface area (Å²) in [6, 6.07) is 0. The summed E-state index contributed by atoms with van der Waals surface area (Å²) in [7, 11) is 0. The molecule has 0 amide bonds. The van der Waals surface area contributed by atoms with Gasteiger partial charge in [0.05, 0.1) is 0 Å². The molecule has 0 unspecified atom stereocenters. The van der Waals surface area contributed by atoms with Crippen LogP contribution in [0.2, 0.25) is 0 Å². The lowest BCUT2D eigenvalue weighted by Gasteiger charge is -1.92. The molecule has 2 heteroatoms. The third-order valence-electron chi connectivity index (χ3n) is 0.971. The molecule has 0 aromatic rings. The SMILES string of the molecule is C=C/C=C(N)\C=C(\Cl)CC. The Bertz CT molecular complexity index is 168. The molecule has 0 aromatic carbocycles. The van der Waals surface area contributed by atoms with Crippen LogP contribution in [0.5, 0.6) is 0 Å². The fourth-order valence-electron chi connectivity index (χ4n) is 0.467. The Morgan fingerprint density at radius 2 is 2.30 bits per heavy atom. The molecule has 0 aliphatic heterocycles. The second-order valence-electron chi connectivity index (χ2n) is 1.85. The standard InChI is InChI=1S/C8H12ClN/c1-3-5-8(10)6-7(9)4-2/h3,5-6H,1,4,10H2,2H3/b7-6+,8-5+. The lowest BCUT2D eigenvalue weighted by atomic mass is 10.3. The molecule has 1 nitrogen and oxygen atoms in total. The van der Waals surface area contributed by atoms with Crippen molar-refractivity contribution >= 4 is 11.6 Å². The number of nitrogens with two attached hydrogens (primary N) is 1. The molecule has 10 heavy (non-hydrogen) atoms. The number of rotatable bonds is 3. The van der Waals surface area contributed by atoms with Crippen LogP contribution in [-0.4, -0.2) is 0 Å². The third-order valence-corrected chi connectivity index (χ3v) is 1.35. The summed E-state index contributed by atoms with van der Waals surface area (Å²) in [6.45, 7) is 5.48. The van der Waals surface area contributed by atoms with Crippen LogP contribution < -0.4 is 5.73 Å². The van der Waals surface area contributed by atoms with Gasteiger partial charge in [-0.25, -0.2) is 0 Å². The van der Waals surface area contributed by atoms with E-state index < -0.39 is 0 Å². The minimum Gasteiger partial charge on any atom is -0.399 e. The van der Waals surface area contributed by atoms with Gasteiger partial charge in [0.1, 0.15) is 0 Å². The zero-order chi connectivity index (χ0) is 7.98. The van der Waals surface area contributed by atoms with E-state index in [1.807, 2.05) is 6.92 Å². The average molecular weight is 158 g/mol. The topological polar surface area (TPSA) is 26.0 Å². The van der Waals surface area contributed by atoms with Gasteiger partial charge in [0.15, 0.2) is 0 Å². The van der Waals surface area contributed by atoms with Gasteiger partial charge in [-0.3, -0.25) is 0 Å². The van der Waals surface area contributed by atoms with Gasteiger partial charge in [0, 0.05) is 10.7 Å². The number of hydrogen-bond acceptors (Lipinski definition) is 1. The molecule has 0 bridgehead atoms. The molecule has 0 rings (SSSR count). The van der Waals surface area contributed by atoms with Crippen LogP contribution in [-0.2, 0) is 0 Å². The van der Waals surface area contributed by atoms with E-state index in [4.69, 9.17) is 17.3 Å². The minimum absolute atomic E-state index is 0.641. The Labute approximate surface area is 66.9 Å². The Morgan fingerprint density at radius 1 is 1.70 bits per heavy atom. The van der Waals surface area contributed by atoms with Crippen LogP contribution in [0, 0.1) is 0 Å². The molecular weight excluding hydrogens is 146 g/mol. The van der Waals surface area contributed by atoms with Crippen LogP contribution in [0.4, 0.5) is 0 Å². The second kappa shape index (κ2) is 5.12. The molecule has 0 aliphatic carbocycles. The lowest BCUT2D eigenvalue weighted by molar-refractivity contribution is 1.18. The quantitative estimate of drug-likeness (QED) is 0.627. The predicted octanol–water partition coefficient (Wildman–Crippen LogP) is 2.55. The highest BCUT2D eigenvalue weighted by atomic mass is 35.5.